The van der Waals surface area contributed by atoms with Gasteiger partial charge in [0.1, 0.15) is 0 Å². The van der Waals surface area contributed by atoms with E-state index in [1.165, 1.54) is 29.0 Å². The van der Waals surface area contributed by atoms with Crippen molar-refractivity contribution >= 4 is 11.3 Å². The largest absolute Gasteiger partial charge is 0.312 e. The van der Waals surface area contributed by atoms with Gasteiger partial charge in [0.2, 0.25) is 0 Å². The summed E-state index contributed by atoms with van der Waals surface area (Å²) in [5.41, 5.74) is 0.490. The predicted molar refractivity (Wildman–Crippen MR) is 76.6 cm³/mol. The average Bonchev–Trinajstić information content (AvgIpc) is 2.88. The highest BCUT2D eigenvalue weighted by Crippen LogP contribution is 2.49. The predicted octanol–water partition coefficient (Wildman–Crippen LogP) is 4.40. The number of hydrogen-bond donors (Lipinski definition) is 1. The van der Waals surface area contributed by atoms with Crippen molar-refractivity contribution < 1.29 is 0 Å². The molecule has 17 heavy (non-hydrogen) atoms. The Morgan fingerprint density at radius 2 is 2.24 bits per heavy atom. The van der Waals surface area contributed by atoms with Crippen LogP contribution in [0.2, 0.25) is 0 Å². The summed E-state index contributed by atoms with van der Waals surface area (Å²) in [6.45, 7) is 7.11. The minimum absolute atomic E-state index is 0.490. The smallest absolute Gasteiger partial charge is 0.0446 e. The minimum Gasteiger partial charge on any atom is -0.312 e. The van der Waals surface area contributed by atoms with Gasteiger partial charge < -0.3 is 5.32 Å². The number of nitrogens with one attached hydrogen (secondary N) is 1. The van der Waals surface area contributed by atoms with E-state index >= 15 is 0 Å². The molecule has 2 unspecified atom stereocenters. The Morgan fingerprint density at radius 1 is 1.47 bits per heavy atom. The first kappa shape index (κ1) is 13.1. The van der Waals surface area contributed by atoms with Crippen molar-refractivity contribution in [2.75, 3.05) is 7.05 Å². The van der Waals surface area contributed by atoms with E-state index in [-0.39, 0.29) is 0 Å². The maximum absolute atomic E-state index is 3.56. The van der Waals surface area contributed by atoms with Crippen LogP contribution in [0.15, 0.2) is 12.1 Å². The van der Waals surface area contributed by atoms with E-state index < -0.39 is 0 Å². The first-order valence-electron chi connectivity index (χ1n) is 6.84. The van der Waals surface area contributed by atoms with Crippen molar-refractivity contribution in [1.82, 2.24) is 5.32 Å². The molecule has 1 fully saturated rings. The van der Waals surface area contributed by atoms with Gasteiger partial charge in [0, 0.05) is 15.8 Å². The van der Waals surface area contributed by atoms with E-state index in [0.717, 1.165) is 12.3 Å². The molecule has 2 rings (SSSR count). The second-order valence-electron chi connectivity index (χ2n) is 5.91. The van der Waals surface area contributed by atoms with Crippen molar-refractivity contribution in [3.05, 3.63) is 21.9 Å². The lowest BCUT2D eigenvalue weighted by Gasteiger charge is -2.33. The van der Waals surface area contributed by atoms with Gasteiger partial charge in [-0.2, -0.15) is 0 Å². The van der Waals surface area contributed by atoms with Gasteiger partial charge in [-0.1, -0.05) is 27.2 Å². The third-order valence-corrected chi connectivity index (χ3v) is 5.70. The molecule has 0 aliphatic heterocycles. The number of thiophene rings is 1. The molecular weight excluding hydrogens is 226 g/mol. The molecule has 96 valence electrons. The van der Waals surface area contributed by atoms with Crippen molar-refractivity contribution in [1.29, 1.82) is 0 Å². The van der Waals surface area contributed by atoms with Gasteiger partial charge in [-0.15, -0.1) is 11.3 Å². The molecule has 0 spiro atoms. The molecule has 1 N–H and O–H groups in total. The van der Waals surface area contributed by atoms with Crippen molar-refractivity contribution in [2.24, 2.45) is 11.3 Å². The van der Waals surface area contributed by atoms with E-state index in [9.17, 15) is 0 Å². The molecule has 2 heteroatoms. The van der Waals surface area contributed by atoms with Gasteiger partial charge in [-0.3, -0.25) is 0 Å². The van der Waals surface area contributed by atoms with Crippen LogP contribution in [0.25, 0.3) is 0 Å². The Labute approximate surface area is 110 Å². The van der Waals surface area contributed by atoms with Crippen molar-refractivity contribution in [3.63, 3.8) is 0 Å². The molecule has 1 aliphatic rings. The van der Waals surface area contributed by atoms with Crippen molar-refractivity contribution in [2.45, 2.75) is 52.5 Å². The Balaban J connectivity index is 2.21. The van der Waals surface area contributed by atoms with Crippen LogP contribution in [0.3, 0.4) is 0 Å². The Kier molecular flexibility index (Phi) is 3.94. The third-order valence-electron chi connectivity index (χ3n) is 4.39. The van der Waals surface area contributed by atoms with Gasteiger partial charge in [0.15, 0.2) is 0 Å². The Bertz CT molecular complexity index is 367. The summed E-state index contributed by atoms with van der Waals surface area (Å²) < 4.78 is 0. The van der Waals surface area contributed by atoms with Gasteiger partial charge in [0.05, 0.1) is 0 Å². The molecule has 0 radical (unpaired) electrons. The van der Waals surface area contributed by atoms with E-state index in [1.54, 1.807) is 0 Å². The highest BCUT2D eigenvalue weighted by Gasteiger charge is 2.39. The number of aryl methyl sites for hydroxylation is 1. The molecular formula is C15H25NS. The first-order chi connectivity index (χ1) is 8.08. The second-order valence-corrected chi connectivity index (χ2v) is 7.11. The molecule has 1 aromatic rings. The summed E-state index contributed by atoms with van der Waals surface area (Å²) in [7, 11) is 2.12. The van der Waals surface area contributed by atoms with Crippen LogP contribution in [-0.4, -0.2) is 7.05 Å². The summed E-state index contributed by atoms with van der Waals surface area (Å²) in [4.78, 5) is 3.04. The zero-order chi connectivity index (χ0) is 12.5. The van der Waals surface area contributed by atoms with Crippen LogP contribution in [0, 0.1) is 11.3 Å². The fourth-order valence-electron chi connectivity index (χ4n) is 3.26. The topological polar surface area (TPSA) is 12.0 Å². The number of hydrogen-bond acceptors (Lipinski definition) is 2. The van der Waals surface area contributed by atoms with E-state index in [2.05, 4.69) is 45.3 Å². The lowest BCUT2D eigenvalue weighted by Crippen LogP contribution is -2.31. The number of rotatable bonds is 4. The molecule has 1 aliphatic carbocycles. The third kappa shape index (κ3) is 2.58. The fourth-order valence-corrected chi connectivity index (χ4v) is 4.39. The van der Waals surface area contributed by atoms with Crippen LogP contribution in [-0.2, 0) is 6.42 Å². The van der Waals surface area contributed by atoms with Crippen LogP contribution in [0.1, 0.15) is 55.8 Å². The molecule has 1 nitrogen and oxygen atoms in total. The SMILES string of the molecule is CCc1ccc(C(NC)C2CCCC2(C)C)s1. The fraction of sp³-hybridized carbons (Fsp3) is 0.733. The highest BCUT2D eigenvalue weighted by atomic mass is 32.1. The van der Waals surface area contributed by atoms with E-state index in [1.807, 2.05) is 11.3 Å². The molecule has 0 amide bonds. The Hall–Kier alpha value is -0.340. The van der Waals surface area contributed by atoms with Gasteiger partial charge in [0.25, 0.3) is 0 Å². The zero-order valence-corrected chi connectivity index (χ0v) is 12.4. The minimum atomic E-state index is 0.490. The average molecular weight is 251 g/mol. The van der Waals surface area contributed by atoms with Crippen LogP contribution in [0.5, 0.6) is 0 Å². The molecule has 1 aromatic heterocycles. The van der Waals surface area contributed by atoms with Gasteiger partial charge in [-0.05, 0) is 49.8 Å². The van der Waals surface area contributed by atoms with Crippen LogP contribution >= 0.6 is 11.3 Å². The highest BCUT2D eigenvalue weighted by molar-refractivity contribution is 7.12. The summed E-state index contributed by atoms with van der Waals surface area (Å²) >= 11 is 1.99. The van der Waals surface area contributed by atoms with Gasteiger partial charge in [-0.25, -0.2) is 0 Å². The monoisotopic (exact) mass is 251 g/mol. The molecule has 1 heterocycles. The lowest BCUT2D eigenvalue weighted by molar-refractivity contribution is 0.205. The summed E-state index contributed by atoms with van der Waals surface area (Å²) in [5.74, 6) is 0.788. The van der Waals surface area contributed by atoms with Crippen LogP contribution in [0.4, 0.5) is 0 Å². The van der Waals surface area contributed by atoms with Crippen molar-refractivity contribution in [3.8, 4) is 0 Å². The summed E-state index contributed by atoms with van der Waals surface area (Å²) in [6.07, 6.45) is 5.30. The maximum atomic E-state index is 3.56. The normalized spacial score (nSPS) is 25.1. The molecule has 0 saturated heterocycles. The first-order valence-corrected chi connectivity index (χ1v) is 7.66. The maximum Gasteiger partial charge on any atom is 0.0446 e. The quantitative estimate of drug-likeness (QED) is 0.836. The summed E-state index contributed by atoms with van der Waals surface area (Å²) in [6, 6.07) is 5.18. The molecule has 0 bridgehead atoms. The van der Waals surface area contributed by atoms with E-state index in [0.29, 0.717) is 11.5 Å². The van der Waals surface area contributed by atoms with E-state index in [4.69, 9.17) is 0 Å². The zero-order valence-electron chi connectivity index (χ0n) is 11.5. The van der Waals surface area contributed by atoms with Crippen LogP contribution < -0.4 is 5.32 Å². The Morgan fingerprint density at radius 3 is 2.71 bits per heavy atom. The lowest BCUT2D eigenvalue weighted by atomic mass is 9.77. The summed E-state index contributed by atoms with van der Waals surface area (Å²) in [5, 5.41) is 3.56. The molecule has 1 saturated carbocycles. The standard InChI is InChI=1S/C15H25NS/c1-5-11-8-9-13(17-11)14(16-4)12-7-6-10-15(12,2)3/h8-9,12,14,16H,5-7,10H2,1-4H3. The molecule has 0 aromatic carbocycles. The second kappa shape index (κ2) is 5.11. The van der Waals surface area contributed by atoms with Gasteiger partial charge >= 0.3 is 0 Å². The molecule has 2 atom stereocenters.